The molecule has 2 atom stereocenters. The zero-order valence-corrected chi connectivity index (χ0v) is 7.86. The predicted molar refractivity (Wildman–Crippen MR) is 49.5 cm³/mol. The first-order valence-electron chi connectivity index (χ1n) is 4.49. The van der Waals surface area contributed by atoms with E-state index in [9.17, 15) is 9.90 Å². The maximum absolute atomic E-state index is 10.3. The van der Waals surface area contributed by atoms with E-state index in [0.29, 0.717) is 6.42 Å². The second-order valence-electron chi connectivity index (χ2n) is 3.00. The van der Waals surface area contributed by atoms with E-state index in [2.05, 4.69) is 5.32 Å². The Balaban J connectivity index is 3.94. The van der Waals surface area contributed by atoms with Crippen molar-refractivity contribution in [2.45, 2.75) is 38.3 Å². The summed E-state index contributed by atoms with van der Waals surface area (Å²) in [5, 5.41) is 20.1. The van der Waals surface area contributed by atoms with Crippen molar-refractivity contribution < 1.29 is 15.0 Å². The highest BCUT2D eigenvalue weighted by atomic mass is 16.4. The predicted octanol–water partition coefficient (Wildman–Crippen LogP) is 0.132. The molecule has 5 nitrogen and oxygen atoms in total. The largest absolute Gasteiger partial charge is 0.465 e. The van der Waals surface area contributed by atoms with Crippen LogP contribution in [0.25, 0.3) is 0 Å². The van der Waals surface area contributed by atoms with Gasteiger partial charge in [-0.15, -0.1) is 0 Å². The summed E-state index contributed by atoms with van der Waals surface area (Å²) in [4.78, 5) is 10.3. The fourth-order valence-electron chi connectivity index (χ4n) is 1.11. The summed E-state index contributed by atoms with van der Waals surface area (Å²) in [5.41, 5.74) is 5.24. The normalized spacial score (nSPS) is 15.0. The minimum absolute atomic E-state index is 0.0780. The number of carbonyl (C=O) groups is 1. The van der Waals surface area contributed by atoms with Crippen LogP contribution < -0.4 is 11.1 Å². The molecule has 5 heteroatoms. The molecule has 0 saturated heterocycles. The van der Waals surface area contributed by atoms with Crippen molar-refractivity contribution >= 4 is 6.09 Å². The van der Waals surface area contributed by atoms with E-state index in [4.69, 9.17) is 10.8 Å². The molecule has 0 spiro atoms. The Morgan fingerprint density at radius 3 is 2.62 bits per heavy atom. The molecule has 0 saturated carbocycles. The molecule has 1 unspecified atom stereocenters. The van der Waals surface area contributed by atoms with Crippen molar-refractivity contribution in [1.82, 2.24) is 5.32 Å². The van der Waals surface area contributed by atoms with Crippen LogP contribution in [0.2, 0.25) is 0 Å². The van der Waals surface area contributed by atoms with Crippen LogP contribution in [0.15, 0.2) is 0 Å². The molecule has 5 N–H and O–H groups in total. The van der Waals surface area contributed by atoms with Crippen molar-refractivity contribution in [1.29, 1.82) is 0 Å². The fraction of sp³-hybridized carbons (Fsp3) is 0.875. The molecule has 1 amide bonds. The molecule has 0 aliphatic rings. The third-order valence-electron chi connectivity index (χ3n) is 1.88. The number of aliphatic hydroxyl groups excluding tert-OH is 1. The van der Waals surface area contributed by atoms with Crippen LogP contribution in [0.1, 0.15) is 26.2 Å². The van der Waals surface area contributed by atoms with Gasteiger partial charge in [-0.25, -0.2) is 4.79 Å². The highest BCUT2D eigenvalue weighted by Crippen LogP contribution is 2.04. The maximum atomic E-state index is 10.3. The van der Waals surface area contributed by atoms with Crippen LogP contribution in [0, 0.1) is 0 Å². The molecule has 13 heavy (non-hydrogen) atoms. The summed E-state index contributed by atoms with van der Waals surface area (Å²) in [6.07, 6.45) is 0.564. The zero-order valence-electron chi connectivity index (χ0n) is 7.86. The van der Waals surface area contributed by atoms with Gasteiger partial charge in [-0.1, -0.05) is 19.8 Å². The number of hydrogen-bond acceptors (Lipinski definition) is 3. The van der Waals surface area contributed by atoms with Gasteiger partial charge in [0.05, 0.1) is 12.1 Å². The van der Waals surface area contributed by atoms with Crippen molar-refractivity contribution in [3.63, 3.8) is 0 Å². The highest BCUT2D eigenvalue weighted by molar-refractivity contribution is 5.64. The number of nitrogens with two attached hydrogens (primary N) is 1. The van der Waals surface area contributed by atoms with Crippen LogP contribution in [-0.4, -0.2) is 35.0 Å². The second kappa shape index (κ2) is 6.68. The molecular weight excluding hydrogens is 172 g/mol. The van der Waals surface area contributed by atoms with E-state index in [1.54, 1.807) is 0 Å². The number of aliphatic hydroxyl groups is 1. The van der Waals surface area contributed by atoms with E-state index >= 15 is 0 Å². The summed E-state index contributed by atoms with van der Waals surface area (Å²) in [6, 6.07) is -0.442. The minimum atomic E-state index is -1.12. The third kappa shape index (κ3) is 5.43. The minimum Gasteiger partial charge on any atom is -0.465 e. The number of amides is 1. The van der Waals surface area contributed by atoms with Gasteiger partial charge >= 0.3 is 6.09 Å². The van der Waals surface area contributed by atoms with Crippen molar-refractivity contribution in [2.24, 2.45) is 5.73 Å². The fourth-order valence-corrected chi connectivity index (χ4v) is 1.11. The van der Waals surface area contributed by atoms with Crippen LogP contribution in [0.3, 0.4) is 0 Å². The van der Waals surface area contributed by atoms with Crippen LogP contribution in [0.4, 0.5) is 4.79 Å². The number of nitrogens with one attached hydrogen (secondary N) is 1. The van der Waals surface area contributed by atoms with E-state index < -0.39 is 18.2 Å². The summed E-state index contributed by atoms with van der Waals surface area (Å²) in [7, 11) is 0. The van der Waals surface area contributed by atoms with Gasteiger partial charge in [-0.2, -0.15) is 0 Å². The standard InChI is InChI=1S/C8H18N2O3/c1-2-3-4-6(7(11)5-9)10-8(12)13/h6-7,10-11H,2-5,9H2,1H3,(H,12,13)/t6?,7-/m0/s1. The lowest BCUT2D eigenvalue weighted by atomic mass is 10.0. The molecule has 0 aliphatic carbocycles. The average molecular weight is 190 g/mol. The molecule has 0 heterocycles. The number of carboxylic acid groups (broad SMARTS) is 1. The monoisotopic (exact) mass is 190 g/mol. The highest BCUT2D eigenvalue weighted by Gasteiger charge is 2.18. The molecular formula is C8H18N2O3. The van der Waals surface area contributed by atoms with E-state index in [0.717, 1.165) is 12.8 Å². The Hall–Kier alpha value is -0.810. The van der Waals surface area contributed by atoms with Gasteiger partial charge < -0.3 is 21.3 Å². The van der Waals surface area contributed by atoms with Gasteiger partial charge in [0, 0.05) is 6.54 Å². The lowest BCUT2D eigenvalue weighted by molar-refractivity contribution is 0.120. The van der Waals surface area contributed by atoms with Gasteiger partial charge in [0.1, 0.15) is 0 Å². The molecule has 0 radical (unpaired) electrons. The van der Waals surface area contributed by atoms with Crippen molar-refractivity contribution in [3.8, 4) is 0 Å². The number of rotatable bonds is 6. The maximum Gasteiger partial charge on any atom is 0.404 e. The molecule has 78 valence electrons. The van der Waals surface area contributed by atoms with Gasteiger partial charge in [-0.05, 0) is 6.42 Å². The molecule has 0 fully saturated rings. The third-order valence-corrected chi connectivity index (χ3v) is 1.88. The second-order valence-corrected chi connectivity index (χ2v) is 3.00. The SMILES string of the molecule is CCCCC(NC(=O)O)[C@@H](O)CN. The van der Waals surface area contributed by atoms with Crippen molar-refractivity contribution in [2.75, 3.05) is 6.54 Å². The van der Waals surface area contributed by atoms with Crippen molar-refractivity contribution in [3.05, 3.63) is 0 Å². The topological polar surface area (TPSA) is 95.6 Å². The lowest BCUT2D eigenvalue weighted by Crippen LogP contribution is -2.45. The Bertz CT molecular complexity index is 152. The first-order chi connectivity index (χ1) is 6.11. The smallest absolute Gasteiger partial charge is 0.404 e. The first kappa shape index (κ1) is 12.2. The average Bonchev–Trinajstić information content (AvgIpc) is 2.10. The molecule has 0 aromatic heterocycles. The summed E-state index contributed by atoms with van der Waals surface area (Å²) < 4.78 is 0. The zero-order chi connectivity index (χ0) is 10.3. The van der Waals surface area contributed by atoms with Crippen LogP contribution in [0.5, 0.6) is 0 Å². The Kier molecular flexibility index (Phi) is 6.26. The lowest BCUT2D eigenvalue weighted by Gasteiger charge is -2.21. The number of hydrogen-bond donors (Lipinski definition) is 4. The number of unbranched alkanes of at least 4 members (excludes halogenated alkanes) is 1. The molecule has 0 bridgehead atoms. The summed E-state index contributed by atoms with van der Waals surface area (Å²) >= 11 is 0. The molecule has 0 aromatic carbocycles. The first-order valence-corrected chi connectivity index (χ1v) is 4.49. The van der Waals surface area contributed by atoms with Crippen LogP contribution >= 0.6 is 0 Å². The van der Waals surface area contributed by atoms with E-state index in [1.807, 2.05) is 6.92 Å². The van der Waals surface area contributed by atoms with Crippen LogP contribution in [-0.2, 0) is 0 Å². The summed E-state index contributed by atoms with van der Waals surface area (Å²) in [5.74, 6) is 0. The van der Waals surface area contributed by atoms with Gasteiger partial charge in [0.2, 0.25) is 0 Å². The molecule has 0 rings (SSSR count). The van der Waals surface area contributed by atoms with E-state index in [-0.39, 0.29) is 6.54 Å². The quantitative estimate of drug-likeness (QED) is 0.479. The van der Waals surface area contributed by atoms with E-state index in [1.165, 1.54) is 0 Å². The van der Waals surface area contributed by atoms with Gasteiger partial charge in [-0.3, -0.25) is 0 Å². The Labute approximate surface area is 77.9 Å². The molecule has 0 aliphatic heterocycles. The molecule has 0 aromatic rings. The summed E-state index contributed by atoms with van der Waals surface area (Å²) in [6.45, 7) is 2.08. The van der Waals surface area contributed by atoms with Gasteiger partial charge in [0.25, 0.3) is 0 Å². The Morgan fingerprint density at radius 2 is 2.23 bits per heavy atom. The van der Waals surface area contributed by atoms with Gasteiger partial charge in [0.15, 0.2) is 0 Å². The Morgan fingerprint density at radius 1 is 1.62 bits per heavy atom.